The maximum atomic E-state index is 9.60. The third-order valence-electron chi connectivity index (χ3n) is 2.58. The van der Waals surface area contributed by atoms with Gasteiger partial charge in [0, 0.05) is 10.8 Å². The molecule has 0 heterocycles. The number of phenolic OH excluding ortho intramolecular Hbond substituents is 2. The van der Waals surface area contributed by atoms with Crippen LogP contribution < -0.4 is 0 Å². The normalized spacial score (nSPS) is 12.9. The van der Waals surface area contributed by atoms with E-state index in [1.807, 2.05) is 12.1 Å². The Balaban J connectivity index is 2.57. The highest BCUT2D eigenvalue weighted by atomic mass is 16.3. The average Bonchev–Trinajstić information content (AvgIpc) is 2.89. The highest BCUT2D eigenvalue weighted by Crippen LogP contribution is 2.42. The molecule has 64 valence electrons. The van der Waals surface area contributed by atoms with Gasteiger partial charge in [-0.3, -0.25) is 0 Å². The van der Waals surface area contributed by atoms with E-state index in [1.165, 1.54) is 23.3 Å². The van der Waals surface area contributed by atoms with E-state index in [9.17, 15) is 10.2 Å². The first kappa shape index (κ1) is 6.78. The number of phenols is 2. The summed E-state index contributed by atoms with van der Waals surface area (Å²) in [5.74, 6) is 0.504. The molecule has 1 aliphatic carbocycles. The van der Waals surface area contributed by atoms with Crippen LogP contribution in [-0.2, 0) is 6.42 Å². The summed E-state index contributed by atoms with van der Waals surface area (Å²) in [6.45, 7) is 0. The molecular formula is C11H8O2. The van der Waals surface area contributed by atoms with Crippen molar-refractivity contribution in [2.24, 2.45) is 0 Å². The molecule has 0 radical (unpaired) electrons. The van der Waals surface area contributed by atoms with E-state index < -0.39 is 0 Å². The van der Waals surface area contributed by atoms with E-state index in [-0.39, 0.29) is 11.5 Å². The fourth-order valence-electron chi connectivity index (χ4n) is 1.82. The first-order valence-corrected chi connectivity index (χ1v) is 4.23. The Labute approximate surface area is 75.1 Å². The summed E-state index contributed by atoms with van der Waals surface area (Å²) in [5.41, 5.74) is 2.44. The largest absolute Gasteiger partial charge is 0.507 e. The van der Waals surface area contributed by atoms with Gasteiger partial charge in [-0.05, 0) is 29.7 Å². The molecule has 0 bridgehead atoms. The summed E-state index contributed by atoms with van der Waals surface area (Å²) in [4.78, 5) is 0. The van der Waals surface area contributed by atoms with Crippen molar-refractivity contribution in [3.8, 4) is 11.5 Å². The van der Waals surface area contributed by atoms with Crippen LogP contribution in [0.4, 0.5) is 0 Å². The zero-order valence-corrected chi connectivity index (χ0v) is 6.91. The van der Waals surface area contributed by atoms with Crippen LogP contribution in [0.3, 0.4) is 0 Å². The minimum absolute atomic E-state index is 0.238. The zero-order valence-electron chi connectivity index (χ0n) is 6.91. The van der Waals surface area contributed by atoms with Crippen LogP contribution in [0.1, 0.15) is 11.1 Å². The predicted octanol–water partition coefficient (Wildman–Crippen LogP) is 2.16. The van der Waals surface area contributed by atoms with Crippen LogP contribution in [0, 0.1) is 0 Å². The Hall–Kier alpha value is -1.70. The second kappa shape index (κ2) is 1.96. The summed E-state index contributed by atoms with van der Waals surface area (Å²) < 4.78 is 0. The predicted molar refractivity (Wildman–Crippen MR) is 50.1 cm³/mol. The van der Waals surface area contributed by atoms with E-state index in [0.717, 1.165) is 17.2 Å². The lowest BCUT2D eigenvalue weighted by molar-refractivity contribution is 0.469. The van der Waals surface area contributed by atoms with E-state index >= 15 is 0 Å². The van der Waals surface area contributed by atoms with Crippen LogP contribution in [0.15, 0.2) is 24.3 Å². The molecule has 2 aromatic rings. The molecule has 0 saturated heterocycles. The second-order valence-electron chi connectivity index (χ2n) is 3.41. The monoisotopic (exact) mass is 172 g/mol. The van der Waals surface area contributed by atoms with Crippen molar-refractivity contribution in [3.05, 3.63) is 35.4 Å². The lowest BCUT2D eigenvalue weighted by Crippen LogP contribution is -1.74. The van der Waals surface area contributed by atoms with Gasteiger partial charge in [0.25, 0.3) is 0 Å². The van der Waals surface area contributed by atoms with Gasteiger partial charge < -0.3 is 10.2 Å². The van der Waals surface area contributed by atoms with Crippen molar-refractivity contribution < 1.29 is 10.2 Å². The molecular weight excluding hydrogens is 164 g/mol. The van der Waals surface area contributed by atoms with E-state index in [0.29, 0.717) is 0 Å². The quantitative estimate of drug-likeness (QED) is 0.510. The summed E-state index contributed by atoms with van der Waals surface area (Å²) >= 11 is 0. The van der Waals surface area contributed by atoms with Crippen LogP contribution in [0.5, 0.6) is 11.5 Å². The van der Waals surface area contributed by atoms with E-state index in [4.69, 9.17) is 0 Å². The summed E-state index contributed by atoms with van der Waals surface area (Å²) in [7, 11) is 0. The van der Waals surface area contributed by atoms with Gasteiger partial charge in [-0.15, -0.1) is 0 Å². The number of hydrogen-bond acceptors (Lipinski definition) is 2. The van der Waals surface area contributed by atoms with Crippen LogP contribution in [0.2, 0.25) is 0 Å². The molecule has 2 aromatic carbocycles. The van der Waals surface area contributed by atoms with Gasteiger partial charge in [-0.1, -0.05) is 12.1 Å². The standard InChI is InChI=1S/C11H8O2/c12-9-3-4-10(13)11-7(9)2-1-6-5-8(6)11/h1-4,12-13H,5H2. The molecule has 1 aliphatic rings. The highest BCUT2D eigenvalue weighted by Gasteiger charge is 2.22. The molecule has 0 unspecified atom stereocenters. The SMILES string of the molecule is Oc1ccc(O)c2c3c(ccc12)C3. The Bertz CT molecular complexity index is 510. The van der Waals surface area contributed by atoms with Crippen molar-refractivity contribution in [2.45, 2.75) is 6.42 Å². The molecule has 0 aliphatic heterocycles. The summed E-state index contributed by atoms with van der Waals surface area (Å²) in [6.07, 6.45) is 0.945. The molecule has 2 N–H and O–H groups in total. The van der Waals surface area contributed by atoms with Gasteiger partial charge in [-0.2, -0.15) is 0 Å². The second-order valence-corrected chi connectivity index (χ2v) is 3.41. The van der Waals surface area contributed by atoms with Gasteiger partial charge in [0.1, 0.15) is 11.5 Å². The number of aromatic hydroxyl groups is 2. The molecule has 0 fully saturated rings. The van der Waals surface area contributed by atoms with Gasteiger partial charge in [0.15, 0.2) is 0 Å². The maximum Gasteiger partial charge on any atom is 0.123 e. The van der Waals surface area contributed by atoms with Gasteiger partial charge in [0.05, 0.1) is 0 Å². The Morgan fingerprint density at radius 2 is 1.69 bits per heavy atom. The number of rotatable bonds is 0. The minimum atomic E-state index is 0.238. The first-order valence-electron chi connectivity index (χ1n) is 4.23. The first-order chi connectivity index (χ1) is 6.27. The Kier molecular flexibility index (Phi) is 1.02. The number of hydrogen-bond donors (Lipinski definition) is 2. The minimum Gasteiger partial charge on any atom is -0.507 e. The summed E-state index contributed by atoms with van der Waals surface area (Å²) in [6, 6.07) is 6.91. The van der Waals surface area contributed by atoms with Crippen molar-refractivity contribution in [1.29, 1.82) is 0 Å². The third kappa shape index (κ3) is 0.773. The maximum absolute atomic E-state index is 9.60. The molecule has 0 spiro atoms. The molecule has 0 amide bonds. The zero-order chi connectivity index (χ0) is 9.00. The molecule has 0 aromatic heterocycles. The van der Waals surface area contributed by atoms with Crippen molar-refractivity contribution in [2.75, 3.05) is 0 Å². The van der Waals surface area contributed by atoms with Crippen LogP contribution >= 0.6 is 0 Å². The van der Waals surface area contributed by atoms with Gasteiger partial charge >= 0.3 is 0 Å². The Morgan fingerprint density at radius 1 is 0.923 bits per heavy atom. The molecule has 3 rings (SSSR count). The molecule has 2 heteroatoms. The van der Waals surface area contributed by atoms with Gasteiger partial charge in [0.2, 0.25) is 0 Å². The molecule has 0 saturated carbocycles. The van der Waals surface area contributed by atoms with Crippen LogP contribution in [-0.4, -0.2) is 10.2 Å². The topological polar surface area (TPSA) is 40.5 Å². The van der Waals surface area contributed by atoms with Gasteiger partial charge in [-0.25, -0.2) is 0 Å². The van der Waals surface area contributed by atoms with Crippen molar-refractivity contribution in [1.82, 2.24) is 0 Å². The molecule has 13 heavy (non-hydrogen) atoms. The van der Waals surface area contributed by atoms with E-state index in [1.54, 1.807) is 0 Å². The number of benzene rings is 2. The Morgan fingerprint density at radius 3 is 2.54 bits per heavy atom. The average molecular weight is 172 g/mol. The lowest BCUT2D eigenvalue weighted by atomic mass is 10.1. The van der Waals surface area contributed by atoms with E-state index in [2.05, 4.69) is 0 Å². The van der Waals surface area contributed by atoms with Crippen molar-refractivity contribution in [3.63, 3.8) is 0 Å². The lowest BCUT2D eigenvalue weighted by Gasteiger charge is -2.01. The van der Waals surface area contributed by atoms with Crippen molar-refractivity contribution >= 4 is 10.8 Å². The summed E-state index contributed by atoms with van der Waals surface area (Å²) in [5, 5.41) is 20.7. The van der Waals surface area contributed by atoms with Crippen LogP contribution in [0.25, 0.3) is 10.8 Å². The fraction of sp³-hybridized carbons (Fsp3) is 0.0909. The highest BCUT2D eigenvalue weighted by molar-refractivity contribution is 5.98. The smallest absolute Gasteiger partial charge is 0.123 e. The number of fused-ring (bicyclic) bond motifs is 3. The molecule has 2 nitrogen and oxygen atoms in total. The molecule has 0 atom stereocenters. The fourth-order valence-corrected chi connectivity index (χ4v) is 1.82. The third-order valence-corrected chi connectivity index (χ3v) is 2.58.